The molecule has 0 atom stereocenters. The van der Waals surface area contributed by atoms with Crippen LogP contribution in [0.25, 0.3) is 0 Å². The number of nitrogens with one attached hydrogen (secondary N) is 1. The third kappa shape index (κ3) is 3.10. The number of nitrogens with zero attached hydrogens (tertiary/aromatic N) is 4. The summed E-state index contributed by atoms with van der Waals surface area (Å²) in [5.41, 5.74) is 1.95. The van der Waals surface area contributed by atoms with Crippen molar-refractivity contribution in [3.63, 3.8) is 0 Å². The molecule has 0 aliphatic heterocycles. The Labute approximate surface area is 110 Å². The maximum atomic E-state index is 12.4. The molecule has 7 heteroatoms. The summed E-state index contributed by atoms with van der Waals surface area (Å²) in [6.45, 7) is 3.93. The Hall–Kier alpha value is -1.92. The Morgan fingerprint density at radius 1 is 1.26 bits per heavy atom. The van der Waals surface area contributed by atoms with Gasteiger partial charge in [-0.2, -0.15) is 19.0 Å². The van der Waals surface area contributed by atoms with E-state index in [9.17, 15) is 8.78 Å². The number of anilines is 1. The van der Waals surface area contributed by atoms with Gasteiger partial charge in [0.15, 0.2) is 0 Å². The van der Waals surface area contributed by atoms with Crippen molar-refractivity contribution < 1.29 is 8.78 Å². The Bertz CT molecular complexity index is 544. The average molecular weight is 269 g/mol. The zero-order valence-electron chi connectivity index (χ0n) is 11.1. The summed E-state index contributed by atoms with van der Waals surface area (Å²) in [6.07, 6.45) is 3.20. The van der Waals surface area contributed by atoms with E-state index in [1.54, 1.807) is 0 Å². The molecule has 0 radical (unpaired) electrons. The van der Waals surface area contributed by atoms with E-state index in [4.69, 9.17) is 0 Å². The van der Waals surface area contributed by atoms with Crippen molar-refractivity contribution in [1.82, 2.24) is 19.6 Å². The molecule has 0 spiro atoms. The number of aromatic nitrogens is 4. The van der Waals surface area contributed by atoms with E-state index < -0.39 is 6.55 Å². The minimum absolute atomic E-state index is 0.297. The summed E-state index contributed by atoms with van der Waals surface area (Å²) in [5, 5.41) is 11.1. The van der Waals surface area contributed by atoms with Crippen LogP contribution in [0.2, 0.25) is 0 Å². The lowest BCUT2D eigenvalue weighted by molar-refractivity contribution is 0.0569. The van der Waals surface area contributed by atoms with Crippen LogP contribution in [0, 0.1) is 6.92 Å². The van der Waals surface area contributed by atoms with Crippen LogP contribution in [-0.4, -0.2) is 19.6 Å². The summed E-state index contributed by atoms with van der Waals surface area (Å²) < 4.78 is 27.2. The molecule has 0 aliphatic carbocycles. The van der Waals surface area contributed by atoms with E-state index in [-0.39, 0.29) is 0 Å². The van der Waals surface area contributed by atoms with Crippen molar-refractivity contribution in [2.24, 2.45) is 0 Å². The van der Waals surface area contributed by atoms with Crippen LogP contribution < -0.4 is 5.32 Å². The highest BCUT2D eigenvalue weighted by molar-refractivity contribution is 5.34. The molecule has 104 valence electrons. The number of alkyl halides is 2. The van der Waals surface area contributed by atoms with Crippen molar-refractivity contribution in [2.45, 2.75) is 39.9 Å². The second kappa shape index (κ2) is 5.38. The highest BCUT2D eigenvalue weighted by Crippen LogP contribution is 2.14. The van der Waals surface area contributed by atoms with Gasteiger partial charge in [0, 0.05) is 36.6 Å². The first-order valence-corrected chi connectivity index (χ1v) is 6.09. The maximum absolute atomic E-state index is 12.4. The predicted molar refractivity (Wildman–Crippen MR) is 68.2 cm³/mol. The van der Waals surface area contributed by atoms with E-state index in [1.165, 1.54) is 12.3 Å². The van der Waals surface area contributed by atoms with Gasteiger partial charge in [-0.05, 0) is 20.8 Å². The lowest BCUT2D eigenvalue weighted by Crippen LogP contribution is -2.03. The first-order chi connectivity index (χ1) is 8.97. The van der Waals surface area contributed by atoms with Crippen molar-refractivity contribution >= 4 is 5.82 Å². The summed E-state index contributed by atoms with van der Waals surface area (Å²) in [5.74, 6) is 0.428. The number of rotatable bonds is 5. The molecule has 0 saturated carbocycles. The van der Waals surface area contributed by atoms with Crippen LogP contribution in [0.3, 0.4) is 0 Å². The fraction of sp³-hybridized carbons (Fsp3) is 0.500. The van der Waals surface area contributed by atoms with E-state index in [2.05, 4.69) is 15.5 Å². The Morgan fingerprint density at radius 2 is 2.00 bits per heavy atom. The molecule has 1 N–H and O–H groups in total. The molecule has 0 fully saturated rings. The van der Waals surface area contributed by atoms with Crippen LogP contribution >= 0.6 is 0 Å². The van der Waals surface area contributed by atoms with Crippen LogP contribution in [0.4, 0.5) is 14.6 Å². The summed E-state index contributed by atoms with van der Waals surface area (Å²) in [6, 6.07) is 1.82. The SMILES string of the molecule is Cc1nn(C(C)C)cc1CNc1ccn(C(F)F)n1. The zero-order valence-corrected chi connectivity index (χ0v) is 11.1. The van der Waals surface area contributed by atoms with Crippen LogP contribution in [0.1, 0.15) is 37.7 Å². The highest BCUT2D eigenvalue weighted by atomic mass is 19.3. The zero-order chi connectivity index (χ0) is 14.0. The maximum Gasteiger partial charge on any atom is 0.333 e. The van der Waals surface area contributed by atoms with Gasteiger partial charge in [-0.1, -0.05) is 0 Å². The Kier molecular flexibility index (Phi) is 3.82. The lowest BCUT2D eigenvalue weighted by atomic mass is 10.2. The number of halogens is 2. The van der Waals surface area contributed by atoms with Crippen molar-refractivity contribution in [1.29, 1.82) is 0 Å². The molecule has 0 saturated heterocycles. The predicted octanol–water partition coefficient (Wildman–Crippen LogP) is 2.98. The average Bonchev–Trinajstić information content (AvgIpc) is 2.93. The monoisotopic (exact) mass is 269 g/mol. The minimum Gasteiger partial charge on any atom is -0.364 e. The van der Waals surface area contributed by atoms with E-state index in [1.807, 2.05) is 31.6 Å². The van der Waals surface area contributed by atoms with Crippen LogP contribution in [-0.2, 0) is 6.54 Å². The molecule has 0 amide bonds. The van der Waals surface area contributed by atoms with Crippen molar-refractivity contribution in [3.8, 4) is 0 Å². The Balaban J connectivity index is 2.01. The summed E-state index contributed by atoms with van der Waals surface area (Å²) in [4.78, 5) is 0. The van der Waals surface area contributed by atoms with E-state index >= 15 is 0 Å². The molecule has 0 bridgehead atoms. The molecular weight excluding hydrogens is 252 g/mol. The van der Waals surface area contributed by atoms with Gasteiger partial charge < -0.3 is 5.32 Å². The molecule has 2 heterocycles. The highest BCUT2D eigenvalue weighted by Gasteiger charge is 2.09. The normalized spacial score (nSPS) is 11.5. The van der Waals surface area contributed by atoms with Gasteiger partial charge in [0.05, 0.1) is 5.69 Å². The Morgan fingerprint density at radius 3 is 2.53 bits per heavy atom. The summed E-state index contributed by atoms with van der Waals surface area (Å²) >= 11 is 0. The van der Waals surface area contributed by atoms with Gasteiger partial charge in [0.1, 0.15) is 5.82 Å². The van der Waals surface area contributed by atoms with Gasteiger partial charge in [-0.15, -0.1) is 0 Å². The lowest BCUT2D eigenvalue weighted by Gasteiger charge is -2.03. The second-order valence-electron chi connectivity index (χ2n) is 4.63. The molecule has 2 aromatic heterocycles. The molecule has 2 aromatic rings. The molecule has 5 nitrogen and oxygen atoms in total. The fourth-order valence-electron chi connectivity index (χ4n) is 1.68. The third-order valence-electron chi connectivity index (χ3n) is 2.82. The quantitative estimate of drug-likeness (QED) is 0.907. The minimum atomic E-state index is -2.61. The first kappa shape index (κ1) is 13.5. The molecule has 0 unspecified atom stereocenters. The smallest absolute Gasteiger partial charge is 0.333 e. The molecule has 19 heavy (non-hydrogen) atoms. The second-order valence-corrected chi connectivity index (χ2v) is 4.63. The van der Waals surface area contributed by atoms with E-state index in [0.717, 1.165) is 11.3 Å². The number of hydrogen-bond acceptors (Lipinski definition) is 3. The van der Waals surface area contributed by atoms with Gasteiger partial charge in [0.25, 0.3) is 0 Å². The number of aryl methyl sites for hydroxylation is 1. The van der Waals surface area contributed by atoms with Gasteiger partial charge in [-0.3, -0.25) is 4.68 Å². The topological polar surface area (TPSA) is 47.7 Å². The molecular formula is C12H17F2N5. The van der Waals surface area contributed by atoms with Crippen LogP contribution in [0.15, 0.2) is 18.5 Å². The number of hydrogen-bond donors (Lipinski definition) is 1. The standard InChI is InChI=1S/C12H17F2N5/c1-8(2)19-7-10(9(3)16-19)6-15-11-4-5-18(17-11)12(13)14/h4-5,7-8,12H,6H2,1-3H3,(H,15,17). The van der Waals surface area contributed by atoms with Gasteiger partial charge in [-0.25, -0.2) is 4.68 Å². The molecule has 0 aliphatic rings. The van der Waals surface area contributed by atoms with Gasteiger partial charge in [0.2, 0.25) is 0 Å². The van der Waals surface area contributed by atoms with Crippen LogP contribution in [0.5, 0.6) is 0 Å². The molecule has 2 rings (SSSR count). The van der Waals surface area contributed by atoms with Crippen molar-refractivity contribution in [2.75, 3.05) is 5.32 Å². The van der Waals surface area contributed by atoms with E-state index in [0.29, 0.717) is 23.1 Å². The van der Waals surface area contributed by atoms with Gasteiger partial charge >= 0.3 is 6.55 Å². The first-order valence-electron chi connectivity index (χ1n) is 6.09. The largest absolute Gasteiger partial charge is 0.364 e. The summed E-state index contributed by atoms with van der Waals surface area (Å²) in [7, 11) is 0. The fourth-order valence-corrected chi connectivity index (χ4v) is 1.68. The third-order valence-corrected chi connectivity index (χ3v) is 2.82. The van der Waals surface area contributed by atoms with Crippen molar-refractivity contribution in [3.05, 3.63) is 29.7 Å². The molecule has 0 aromatic carbocycles.